The maximum atomic E-state index is 12.7. The van der Waals surface area contributed by atoms with Crippen molar-refractivity contribution in [2.75, 3.05) is 31.7 Å². The lowest BCUT2D eigenvalue weighted by Gasteiger charge is -2.31. The number of benzene rings is 1. The summed E-state index contributed by atoms with van der Waals surface area (Å²) in [6.07, 6.45) is 1.96. The highest BCUT2D eigenvalue weighted by molar-refractivity contribution is 7.22. The van der Waals surface area contributed by atoms with Crippen molar-refractivity contribution in [3.63, 3.8) is 0 Å². The van der Waals surface area contributed by atoms with E-state index in [0.29, 0.717) is 31.5 Å². The number of hydrogen-bond donors (Lipinski definition) is 1. The summed E-state index contributed by atoms with van der Waals surface area (Å²) in [4.78, 5) is 31.4. The normalized spacial score (nSPS) is 21.0. The Balaban J connectivity index is 1.41. The van der Waals surface area contributed by atoms with E-state index in [-0.39, 0.29) is 30.2 Å². The van der Waals surface area contributed by atoms with Gasteiger partial charge in [0.05, 0.1) is 22.7 Å². The summed E-state index contributed by atoms with van der Waals surface area (Å²) >= 11 is 1.42. The van der Waals surface area contributed by atoms with Crippen molar-refractivity contribution >= 4 is 38.5 Å². The molecule has 8 heteroatoms. The van der Waals surface area contributed by atoms with Gasteiger partial charge in [-0.1, -0.05) is 11.3 Å². The lowest BCUT2D eigenvalue weighted by Crippen LogP contribution is -2.40. The average Bonchev–Trinajstić information content (AvgIpc) is 3.25. The molecular weight excluding hydrogens is 366 g/mol. The SMILES string of the molecule is CCOc1ccc2nc(NC(=O)C3CC(=O)N(C4CCOCC4)C3)sc2c1. The van der Waals surface area contributed by atoms with Crippen LogP contribution in [0.1, 0.15) is 26.2 Å². The Morgan fingerprint density at radius 3 is 3.00 bits per heavy atom. The van der Waals surface area contributed by atoms with Crippen LogP contribution in [0.3, 0.4) is 0 Å². The maximum Gasteiger partial charge on any atom is 0.231 e. The minimum atomic E-state index is -0.327. The van der Waals surface area contributed by atoms with Crippen molar-refractivity contribution in [3.05, 3.63) is 18.2 Å². The summed E-state index contributed by atoms with van der Waals surface area (Å²) in [5.41, 5.74) is 0.824. The fourth-order valence-corrected chi connectivity index (χ4v) is 4.58. The Labute approximate surface area is 161 Å². The van der Waals surface area contributed by atoms with Crippen LogP contribution in [0.4, 0.5) is 5.13 Å². The van der Waals surface area contributed by atoms with E-state index in [1.165, 1.54) is 11.3 Å². The number of rotatable bonds is 5. The third kappa shape index (κ3) is 3.91. The van der Waals surface area contributed by atoms with E-state index < -0.39 is 0 Å². The van der Waals surface area contributed by atoms with Gasteiger partial charge >= 0.3 is 0 Å². The molecule has 1 atom stereocenters. The second-order valence-corrected chi connectivity index (χ2v) is 7.89. The fraction of sp³-hybridized carbons (Fsp3) is 0.526. The minimum Gasteiger partial charge on any atom is -0.494 e. The zero-order valence-electron chi connectivity index (χ0n) is 15.3. The smallest absolute Gasteiger partial charge is 0.231 e. The molecule has 27 heavy (non-hydrogen) atoms. The number of aromatic nitrogens is 1. The van der Waals surface area contributed by atoms with Crippen LogP contribution >= 0.6 is 11.3 Å². The van der Waals surface area contributed by atoms with Crippen LogP contribution in [0.25, 0.3) is 10.2 Å². The van der Waals surface area contributed by atoms with E-state index in [1.54, 1.807) is 0 Å². The van der Waals surface area contributed by atoms with E-state index in [2.05, 4.69) is 10.3 Å². The second-order valence-electron chi connectivity index (χ2n) is 6.86. The molecule has 2 fully saturated rings. The zero-order valence-corrected chi connectivity index (χ0v) is 16.1. The van der Waals surface area contributed by atoms with Gasteiger partial charge in [-0.25, -0.2) is 4.98 Å². The molecule has 144 valence electrons. The number of thiazole rings is 1. The van der Waals surface area contributed by atoms with Crippen LogP contribution in [0.15, 0.2) is 18.2 Å². The number of carbonyl (C=O) groups excluding carboxylic acids is 2. The first-order valence-corrected chi connectivity index (χ1v) is 10.2. The molecule has 0 radical (unpaired) electrons. The number of nitrogens with zero attached hydrogens (tertiary/aromatic N) is 2. The molecule has 3 heterocycles. The largest absolute Gasteiger partial charge is 0.494 e. The highest BCUT2D eigenvalue weighted by Crippen LogP contribution is 2.31. The van der Waals surface area contributed by atoms with Crippen molar-refractivity contribution in [1.82, 2.24) is 9.88 Å². The lowest BCUT2D eigenvalue weighted by atomic mass is 10.1. The number of fused-ring (bicyclic) bond motifs is 1. The van der Waals surface area contributed by atoms with Crippen molar-refractivity contribution in [2.24, 2.45) is 5.92 Å². The molecule has 1 N–H and O–H groups in total. The van der Waals surface area contributed by atoms with Crippen LogP contribution in [0.5, 0.6) is 5.75 Å². The van der Waals surface area contributed by atoms with Crippen LogP contribution in [0.2, 0.25) is 0 Å². The molecule has 0 aliphatic carbocycles. The molecule has 0 saturated carbocycles. The Morgan fingerprint density at radius 2 is 2.22 bits per heavy atom. The molecule has 4 rings (SSSR count). The van der Waals surface area contributed by atoms with E-state index in [0.717, 1.165) is 28.8 Å². The summed E-state index contributed by atoms with van der Waals surface area (Å²) in [6, 6.07) is 5.89. The first-order valence-electron chi connectivity index (χ1n) is 9.35. The number of carbonyl (C=O) groups is 2. The molecule has 2 saturated heterocycles. The Morgan fingerprint density at radius 1 is 1.41 bits per heavy atom. The van der Waals surface area contributed by atoms with Crippen LogP contribution in [-0.2, 0) is 14.3 Å². The fourth-order valence-electron chi connectivity index (χ4n) is 3.68. The number of hydrogen-bond acceptors (Lipinski definition) is 6. The lowest BCUT2D eigenvalue weighted by molar-refractivity contribution is -0.131. The Kier molecular flexibility index (Phi) is 5.27. The van der Waals surface area contributed by atoms with Gasteiger partial charge in [-0.05, 0) is 38.0 Å². The van der Waals surface area contributed by atoms with Crippen LogP contribution < -0.4 is 10.1 Å². The van der Waals surface area contributed by atoms with Gasteiger partial charge in [-0.3, -0.25) is 9.59 Å². The van der Waals surface area contributed by atoms with Crippen molar-refractivity contribution in [2.45, 2.75) is 32.2 Å². The highest BCUT2D eigenvalue weighted by Gasteiger charge is 2.38. The van der Waals surface area contributed by atoms with Gasteiger partial charge < -0.3 is 19.7 Å². The predicted molar refractivity (Wildman–Crippen MR) is 103 cm³/mol. The molecule has 7 nitrogen and oxygen atoms in total. The molecule has 2 amide bonds. The van der Waals surface area contributed by atoms with Gasteiger partial charge in [0.2, 0.25) is 11.8 Å². The third-order valence-corrected chi connectivity index (χ3v) is 6.00. The van der Waals surface area contributed by atoms with Crippen LogP contribution in [-0.4, -0.2) is 54.1 Å². The quantitative estimate of drug-likeness (QED) is 0.850. The zero-order chi connectivity index (χ0) is 18.8. The standard InChI is InChI=1S/C19H23N3O4S/c1-2-26-14-3-4-15-16(10-14)27-19(20-15)21-18(24)12-9-17(23)22(11-12)13-5-7-25-8-6-13/h3-4,10,12-13H,2,5-9,11H2,1H3,(H,20,21,24). The number of anilines is 1. The summed E-state index contributed by atoms with van der Waals surface area (Å²) in [5.74, 6) is 0.390. The third-order valence-electron chi connectivity index (χ3n) is 5.06. The van der Waals surface area contributed by atoms with Gasteiger partial charge in [-0.15, -0.1) is 0 Å². The van der Waals surface area contributed by atoms with Crippen molar-refractivity contribution < 1.29 is 19.1 Å². The van der Waals surface area contributed by atoms with Gasteiger partial charge in [0.25, 0.3) is 0 Å². The minimum absolute atomic E-state index is 0.0627. The molecular formula is C19H23N3O4S. The molecule has 1 aromatic carbocycles. The number of nitrogens with one attached hydrogen (secondary N) is 1. The number of amides is 2. The maximum absolute atomic E-state index is 12.7. The summed E-state index contributed by atoms with van der Waals surface area (Å²) in [7, 11) is 0. The van der Waals surface area contributed by atoms with Crippen molar-refractivity contribution in [1.29, 1.82) is 0 Å². The van der Waals surface area contributed by atoms with E-state index in [4.69, 9.17) is 9.47 Å². The molecule has 0 spiro atoms. The van der Waals surface area contributed by atoms with Gasteiger partial charge in [0.15, 0.2) is 5.13 Å². The Bertz CT molecular complexity index is 847. The van der Waals surface area contributed by atoms with E-state index in [1.807, 2.05) is 30.0 Å². The molecule has 2 aliphatic heterocycles. The molecule has 0 bridgehead atoms. The number of ether oxygens (including phenoxy) is 2. The monoisotopic (exact) mass is 389 g/mol. The Hall–Kier alpha value is -2.19. The molecule has 1 aromatic heterocycles. The average molecular weight is 389 g/mol. The van der Waals surface area contributed by atoms with Gasteiger partial charge in [-0.2, -0.15) is 0 Å². The molecule has 1 unspecified atom stereocenters. The van der Waals surface area contributed by atoms with Crippen LogP contribution in [0, 0.1) is 5.92 Å². The first kappa shape index (κ1) is 18.2. The summed E-state index contributed by atoms with van der Waals surface area (Å²) < 4.78 is 11.8. The summed E-state index contributed by atoms with van der Waals surface area (Å²) in [6.45, 7) is 4.39. The summed E-state index contributed by atoms with van der Waals surface area (Å²) in [5, 5.41) is 3.45. The molecule has 2 aliphatic rings. The second kappa shape index (κ2) is 7.82. The topological polar surface area (TPSA) is 80.8 Å². The van der Waals surface area contributed by atoms with Crippen molar-refractivity contribution in [3.8, 4) is 5.75 Å². The highest BCUT2D eigenvalue weighted by atomic mass is 32.1. The van der Waals surface area contributed by atoms with Gasteiger partial charge in [0.1, 0.15) is 5.75 Å². The van der Waals surface area contributed by atoms with E-state index >= 15 is 0 Å². The number of likely N-dealkylation sites (tertiary alicyclic amines) is 1. The first-order chi connectivity index (χ1) is 13.1. The molecule has 2 aromatic rings. The predicted octanol–water partition coefficient (Wildman–Crippen LogP) is 2.66. The van der Waals surface area contributed by atoms with E-state index in [9.17, 15) is 9.59 Å². The van der Waals surface area contributed by atoms with Gasteiger partial charge in [0, 0.05) is 32.2 Å².